The number of aromatic nitrogens is 1. The summed E-state index contributed by atoms with van der Waals surface area (Å²) in [7, 11) is 1.57. The highest BCUT2D eigenvalue weighted by Crippen LogP contribution is 2.34. The van der Waals surface area contributed by atoms with Crippen LogP contribution in [-0.4, -0.2) is 67.8 Å². The van der Waals surface area contributed by atoms with E-state index < -0.39 is 11.7 Å². The number of halogens is 3. The SMILES string of the molecule is COc1ccc(N2CCN(C(=O)COC3CCC(Nc4ccc(C#N)c(C(F)(F)F)c4)CC3)CC2)cn1. The zero-order valence-electron chi connectivity index (χ0n) is 20.6. The van der Waals surface area contributed by atoms with Crippen molar-refractivity contribution in [3.05, 3.63) is 47.7 Å². The smallest absolute Gasteiger partial charge is 0.417 e. The first-order valence-electron chi connectivity index (χ1n) is 12.3. The van der Waals surface area contributed by atoms with Crippen LogP contribution in [0.25, 0.3) is 0 Å². The van der Waals surface area contributed by atoms with Crippen LogP contribution in [-0.2, 0) is 15.7 Å². The van der Waals surface area contributed by atoms with Gasteiger partial charge in [-0.15, -0.1) is 0 Å². The number of carbonyl (C=O) groups is 1. The van der Waals surface area contributed by atoms with E-state index in [-0.39, 0.29) is 30.2 Å². The van der Waals surface area contributed by atoms with E-state index >= 15 is 0 Å². The van der Waals surface area contributed by atoms with Crippen LogP contribution in [0, 0.1) is 11.3 Å². The maximum absolute atomic E-state index is 13.2. The fourth-order valence-corrected chi connectivity index (χ4v) is 4.75. The fourth-order valence-electron chi connectivity index (χ4n) is 4.75. The molecule has 2 fully saturated rings. The summed E-state index contributed by atoms with van der Waals surface area (Å²) in [5.41, 5.74) is 0.0107. The summed E-state index contributed by atoms with van der Waals surface area (Å²) in [5.74, 6) is 0.523. The molecule has 0 unspecified atom stereocenters. The van der Waals surface area contributed by atoms with Crippen molar-refractivity contribution in [3.8, 4) is 11.9 Å². The van der Waals surface area contributed by atoms with Crippen molar-refractivity contribution in [3.63, 3.8) is 0 Å². The summed E-state index contributed by atoms with van der Waals surface area (Å²) in [5, 5.41) is 12.1. The largest absolute Gasteiger partial charge is 0.481 e. The van der Waals surface area contributed by atoms with E-state index in [4.69, 9.17) is 14.7 Å². The van der Waals surface area contributed by atoms with Crippen LogP contribution >= 0.6 is 0 Å². The van der Waals surface area contributed by atoms with Gasteiger partial charge < -0.3 is 24.6 Å². The second-order valence-corrected chi connectivity index (χ2v) is 9.23. The highest BCUT2D eigenvalue weighted by atomic mass is 19.4. The lowest BCUT2D eigenvalue weighted by atomic mass is 9.92. The van der Waals surface area contributed by atoms with Gasteiger partial charge in [0, 0.05) is 44.0 Å². The number of nitrogens with zero attached hydrogens (tertiary/aromatic N) is 4. The molecule has 1 aliphatic heterocycles. The molecule has 2 aromatic rings. The Morgan fingerprint density at radius 3 is 2.46 bits per heavy atom. The van der Waals surface area contributed by atoms with Gasteiger partial charge in [0.2, 0.25) is 11.8 Å². The highest BCUT2D eigenvalue weighted by molar-refractivity contribution is 5.77. The van der Waals surface area contributed by atoms with E-state index in [0.717, 1.165) is 24.6 Å². The molecule has 2 aliphatic rings. The number of methoxy groups -OCH3 is 1. The quantitative estimate of drug-likeness (QED) is 0.592. The van der Waals surface area contributed by atoms with E-state index in [1.807, 2.05) is 17.0 Å². The molecule has 0 radical (unpaired) electrons. The van der Waals surface area contributed by atoms with Crippen molar-refractivity contribution in [2.24, 2.45) is 0 Å². The molecule has 1 saturated heterocycles. The van der Waals surface area contributed by atoms with Gasteiger partial charge >= 0.3 is 6.18 Å². The summed E-state index contributed by atoms with van der Waals surface area (Å²) >= 11 is 0. The Labute approximate surface area is 214 Å². The zero-order chi connectivity index (χ0) is 26.4. The molecular formula is C26H30F3N5O3. The predicted molar refractivity (Wildman–Crippen MR) is 131 cm³/mol. The van der Waals surface area contributed by atoms with Crippen LogP contribution in [0.15, 0.2) is 36.5 Å². The van der Waals surface area contributed by atoms with Crippen LogP contribution in [0.5, 0.6) is 5.88 Å². The second kappa shape index (κ2) is 11.7. The maximum Gasteiger partial charge on any atom is 0.417 e. The van der Waals surface area contributed by atoms with Crippen molar-refractivity contribution >= 4 is 17.3 Å². The molecule has 1 aliphatic carbocycles. The van der Waals surface area contributed by atoms with Crippen molar-refractivity contribution in [2.45, 2.75) is 44.0 Å². The number of carbonyl (C=O) groups excluding carboxylic acids is 1. The Kier molecular flexibility index (Phi) is 8.38. The van der Waals surface area contributed by atoms with Crippen LogP contribution in [0.4, 0.5) is 24.5 Å². The Bertz CT molecular complexity index is 1100. The molecule has 1 aromatic heterocycles. The first kappa shape index (κ1) is 26.5. The molecule has 0 atom stereocenters. The lowest BCUT2D eigenvalue weighted by Gasteiger charge is -2.36. The van der Waals surface area contributed by atoms with Gasteiger partial charge in [-0.2, -0.15) is 18.4 Å². The number of nitrogens with one attached hydrogen (secondary N) is 1. The lowest BCUT2D eigenvalue weighted by molar-refractivity contribution is -0.139. The molecule has 0 bridgehead atoms. The van der Waals surface area contributed by atoms with E-state index in [2.05, 4.69) is 15.2 Å². The van der Waals surface area contributed by atoms with Gasteiger partial charge in [-0.1, -0.05) is 0 Å². The van der Waals surface area contributed by atoms with Gasteiger partial charge in [-0.3, -0.25) is 4.79 Å². The topological polar surface area (TPSA) is 90.7 Å². The normalized spacial score (nSPS) is 20.3. The monoisotopic (exact) mass is 517 g/mol. The summed E-state index contributed by atoms with van der Waals surface area (Å²) in [6, 6.07) is 9.05. The Morgan fingerprint density at radius 2 is 1.86 bits per heavy atom. The molecule has 198 valence electrons. The molecule has 1 N–H and O–H groups in total. The number of rotatable bonds is 7. The number of pyridine rings is 1. The van der Waals surface area contributed by atoms with E-state index in [1.54, 1.807) is 19.4 Å². The van der Waals surface area contributed by atoms with Gasteiger partial charge in [0.15, 0.2) is 0 Å². The lowest BCUT2D eigenvalue weighted by Crippen LogP contribution is -2.50. The van der Waals surface area contributed by atoms with Gasteiger partial charge in [-0.25, -0.2) is 4.98 Å². The van der Waals surface area contributed by atoms with Crippen LogP contribution < -0.4 is 15.0 Å². The van der Waals surface area contributed by atoms with E-state index in [0.29, 0.717) is 50.6 Å². The minimum atomic E-state index is -4.58. The minimum Gasteiger partial charge on any atom is -0.481 e. The number of alkyl halides is 3. The van der Waals surface area contributed by atoms with E-state index in [9.17, 15) is 18.0 Å². The number of nitriles is 1. The first-order chi connectivity index (χ1) is 17.8. The van der Waals surface area contributed by atoms with Gasteiger partial charge in [-0.05, 0) is 49.9 Å². The number of amides is 1. The van der Waals surface area contributed by atoms with Crippen molar-refractivity contribution in [1.29, 1.82) is 5.26 Å². The number of hydrogen-bond acceptors (Lipinski definition) is 7. The third kappa shape index (κ3) is 6.83. The highest BCUT2D eigenvalue weighted by Gasteiger charge is 2.34. The van der Waals surface area contributed by atoms with Crippen LogP contribution in [0.1, 0.15) is 36.8 Å². The van der Waals surface area contributed by atoms with Crippen molar-refractivity contribution < 1.29 is 27.4 Å². The molecular weight excluding hydrogens is 487 g/mol. The Hall–Kier alpha value is -3.52. The van der Waals surface area contributed by atoms with E-state index in [1.165, 1.54) is 12.1 Å². The maximum atomic E-state index is 13.2. The number of ether oxygens (including phenoxy) is 2. The molecule has 1 aromatic carbocycles. The molecule has 8 nitrogen and oxygen atoms in total. The second-order valence-electron chi connectivity index (χ2n) is 9.23. The standard InChI is InChI=1S/C26H30F3N5O3/c1-36-24-9-6-21(16-31-24)33-10-12-34(13-11-33)25(35)17-37-22-7-4-19(5-8-22)32-20-3-2-18(15-30)23(14-20)26(27,28)29/h2-3,6,9,14,16,19,22,32H,4-5,7-8,10-13,17H2,1H3. The van der Waals surface area contributed by atoms with Crippen molar-refractivity contribution in [1.82, 2.24) is 9.88 Å². The number of piperazine rings is 1. The summed E-state index contributed by atoms with van der Waals surface area (Å²) in [4.78, 5) is 20.9. The summed E-state index contributed by atoms with van der Waals surface area (Å²) in [6.45, 7) is 2.66. The molecule has 1 saturated carbocycles. The molecule has 11 heteroatoms. The molecule has 1 amide bonds. The number of anilines is 2. The average molecular weight is 518 g/mol. The van der Waals surface area contributed by atoms with Crippen LogP contribution in [0.3, 0.4) is 0 Å². The Balaban J connectivity index is 1.18. The third-order valence-electron chi connectivity index (χ3n) is 6.86. The van der Waals surface area contributed by atoms with Gasteiger partial charge in [0.1, 0.15) is 6.61 Å². The molecule has 0 spiro atoms. The molecule has 37 heavy (non-hydrogen) atoms. The Morgan fingerprint density at radius 1 is 1.14 bits per heavy atom. The molecule has 2 heterocycles. The summed E-state index contributed by atoms with van der Waals surface area (Å²) < 4.78 is 50.6. The van der Waals surface area contributed by atoms with Crippen molar-refractivity contribution in [2.75, 3.05) is 50.1 Å². The minimum absolute atomic E-state index is 0.00472. The fraction of sp³-hybridized carbons (Fsp3) is 0.500. The summed E-state index contributed by atoms with van der Waals surface area (Å²) in [6.07, 6.45) is -0.0113. The number of hydrogen-bond donors (Lipinski definition) is 1. The average Bonchev–Trinajstić information content (AvgIpc) is 2.92. The van der Waals surface area contributed by atoms with Gasteiger partial charge in [0.05, 0.1) is 42.3 Å². The number of benzene rings is 1. The first-order valence-corrected chi connectivity index (χ1v) is 12.3. The van der Waals surface area contributed by atoms with Crippen LogP contribution in [0.2, 0.25) is 0 Å². The zero-order valence-corrected chi connectivity index (χ0v) is 20.6. The third-order valence-corrected chi connectivity index (χ3v) is 6.86. The molecule has 4 rings (SSSR count). The predicted octanol–water partition coefficient (Wildman–Crippen LogP) is 4.07. The van der Waals surface area contributed by atoms with Gasteiger partial charge in [0.25, 0.3) is 0 Å².